The molecule has 1 saturated carbocycles. The molecule has 0 unspecified atom stereocenters. The van der Waals surface area contributed by atoms with Crippen molar-refractivity contribution in [3.63, 3.8) is 0 Å². The highest BCUT2D eigenvalue weighted by Crippen LogP contribution is 2.42. The lowest BCUT2D eigenvalue weighted by Crippen LogP contribution is -2.19. The molecule has 2 aromatic rings. The van der Waals surface area contributed by atoms with E-state index in [0.29, 0.717) is 5.92 Å². The van der Waals surface area contributed by atoms with Crippen LogP contribution in [-0.4, -0.2) is 28.8 Å². The summed E-state index contributed by atoms with van der Waals surface area (Å²) in [6.07, 6.45) is 5.41. The Morgan fingerprint density at radius 2 is 2.29 bits per heavy atom. The lowest BCUT2D eigenvalue weighted by atomic mass is 10.4. The minimum Gasteiger partial charge on any atom is -0.349 e. The molecule has 1 aliphatic rings. The summed E-state index contributed by atoms with van der Waals surface area (Å²) in [5.74, 6) is 0.702. The molecule has 0 spiro atoms. The van der Waals surface area contributed by atoms with E-state index in [4.69, 9.17) is 0 Å². The molecule has 90 valence electrons. The summed E-state index contributed by atoms with van der Waals surface area (Å²) in [7, 11) is 2.07. The minimum absolute atomic E-state index is 0.702. The van der Waals surface area contributed by atoms with Gasteiger partial charge in [0.15, 0.2) is 0 Å². The van der Waals surface area contributed by atoms with Gasteiger partial charge >= 0.3 is 0 Å². The molecule has 6 heteroatoms. The van der Waals surface area contributed by atoms with Crippen LogP contribution in [0.4, 0.5) is 5.13 Å². The monoisotopic (exact) mass is 266 g/mol. The molecule has 0 amide bonds. The van der Waals surface area contributed by atoms with Crippen molar-refractivity contribution >= 4 is 27.8 Å². The SMILES string of the molecule is CN(CCc1nccs1)c1nnc(C2CC2)s1. The van der Waals surface area contributed by atoms with Gasteiger partial charge in [-0.25, -0.2) is 4.98 Å². The van der Waals surface area contributed by atoms with Crippen molar-refractivity contribution in [2.75, 3.05) is 18.5 Å². The van der Waals surface area contributed by atoms with Gasteiger partial charge < -0.3 is 4.90 Å². The standard InChI is InChI=1S/C11H14N4S2/c1-15(6-4-9-12-5-7-16-9)11-14-13-10(17-11)8-2-3-8/h5,7-8H,2-4,6H2,1H3. The van der Waals surface area contributed by atoms with Crippen molar-refractivity contribution < 1.29 is 0 Å². The predicted molar refractivity (Wildman–Crippen MR) is 71.0 cm³/mol. The van der Waals surface area contributed by atoms with Gasteiger partial charge in [0, 0.05) is 37.5 Å². The van der Waals surface area contributed by atoms with E-state index in [0.717, 1.165) is 18.1 Å². The van der Waals surface area contributed by atoms with Crippen molar-refractivity contribution in [2.24, 2.45) is 0 Å². The fourth-order valence-corrected chi connectivity index (χ4v) is 3.22. The first-order valence-corrected chi connectivity index (χ1v) is 7.45. The third-order valence-electron chi connectivity index (χ3n) is 2.83. The van der Waals surface area contributed by atoms with Gasteiger partial charge in [-0.2, -0.15) is 0 Å². The third-order valence-corrected chi connectivity index (χ3v) is 4.87. The summed E-state index contributed by atoms with van der Waals surface area (Å²) < 4.78 is 0. The van der Waals surface area contributed by atoms with E-state index < -0.39 is 0 Å². The van der Waals surface area contributed by atoms with E-state index in [1.54, 1.807) is 22.7 Å². The Labute approximate surface area is 108 Å². The smallest absolute Gasteiger partial charge is 0.208 e. The molecule has 17 heavy (non-hydrogen) atoms. The highest BCUT2D eigenvalue weighted by atomic mass is 32.1. The zero-order chi connectivity index (χ0) is 11.7. The molecule has 0 atom stereocenters. The second-order valence-corrected chi connectivity index (χ2v) is 6.26. The van der Waals surface area contributed by atoms with Gasteiger partial charge in [-0.15, -0.1) is 21.5 Å². The normalized spacial score (nSPS) is 15.1. The molecular formula is C11H14N4S2. The molecular weight excluding hydrogens is 252 g/mol. The number of aromatic nitrogens is 3. The van der Waals surface area contributed by atoms with E-state index in [1.165, 1.54) is 22.9 Å². The molecule has 1 aliphatic carbocycles. The van der Waals surface area contributed by atoms with Crippen molar-refractivity contribution in [3.8, 4) is 0 Å². The summed E-state index contributed by atoms with van der Waals surface area (Å²) in [6, 6.07) is 0. The van der Waals surface area contributed by atoms with Gasteiger partial charge in [-0.1, -0.05) is 11.3 Å². The zero-order valence-electron chi connectivity index (χ0n) is 9.67. The Morgan fingerprint density at radius 1 is 1.41 bits per heavy atom. The van der Waals surface area contributed by atoms with Crippen LogP contribution in [-0.2, 0) is 6.42 Å². The van der Waals surface area contributed by atoms with Crippen molar-refractivity contribution in [1.29, 1.82) is 0 Å². The first-order valence-electron chi connectivity index (χ1n) is 5.76. The Balaban J connectivity index is 1.58. The summed E-state index contributed by atoms with van der Waals surface area (Å²) in [5.41, 5.74) is 0. The first kappa shape index (κ1) is 11.1. The van der Waals surface area contributed by atoms with Crippen LogP contribution in [0.2, 0.25) is 0 Å². The highest BCUT2D eigenvalue weighted by Gasteiger charge is 2.27. The summed E-state index contributed by atoms with van der Waals surface area (Å²) in [6.45, 7) is 0.951. The Kier molecular flexibility index (Phi) is 3.07. The number of rotatable bonds is 5. The highest BCUT2D eigenvalue weighted by molar-refractivity contribution is 7.15. The molecule has 0 aliphatic heterocycles. The maximum absolute atomic E-state index is 4.28. The van der Waals surface area contributed by atoms with Gasteiger partial charge in [-0.05, 0) is 12.8 Å². The van der Waals surface area contributed by atoms with E-state index in [9.17, 15) is 0 Å². The number of hydrogen-bond donors (Lipinski definition) is 0. The molecule has 0 radical (unpaired) electrons. The number of anilines is 1. The van der Waals surface area contributed by atoms with Crippen LogP contribution in [0.3, 0.4) is 0 Å². The predicted octanol–water partition coefficient (Wildman–Crippen LogP) is 2.55. The number of likely N-dealkylation sites (N-methyl/N-ethyl adjacent to an activating group) is 1. The molecule has 0 saturated heterocycles. The van der Waals surface area contributed by atoms with Crippen LogP contribution < -0.4 is 4.90 Å². The first-order chi connectivity index (χ1) is 8.33. The van der Waals surface area contributed by atoms with Crippen LogP contribution in [0, 0.1) is 0 Å². The number of hydrogen-bond acceptors (Lipinski definition) is 6. The summed E-state index contributed by atoms with van der Waals surface area (Å²) in [5, 5.41) is 14.0. The average molecular weight is 266 g/mol. The average Bonchev–Trinajstić information content (AvgIpc) is 2.88. The van der Waals surface area contributed by atoms with E-state index in [1.807, 2.05) is 11.6 Å². The van der Waals surface area contributed by atoms with Crippen molar-refractivity contribution in [1.82, 2.24) is 15.2 Å². The molecule has 0 N–H and O–H groups in total. The van der Waals surface area contributed by atoms with Gasteiger partial charge in [-0.3, -0.25) is 0 Å². The van der Waals surface area contributed by atoms with Crippen LogP contribution >= 0.6 is 22.7 Å². The number of nitrogens with zero attached hydrogens (tertiary/aromatic N) is 4. The van der Waals surface area contributed by atoms with E-state index in [2.05, 4.69) is 27.1 Å². The maximum atomic E-state index is 4.28. The maximum Gasteiger partial charge on any atom is 0.208 e. The largest absolute Gasteiger partial charge is 0.349 e. The topological polar surface area (TPSA) is 41.9 Å². The fourth-order valence-electron chi connectivity index (χ4n) is 1.61. The molecule has 2 aromatic heterocycles. The molecule has 1 fully saturated rings. The van der Waals surface area contributed by atoms with Crippen LogP contribution in [0.1, 0.15) is 28.8 Å². The third kappa shape index (κ3) is 2.63. The van der Waals surface area contributed by atoms with Crippen LogP contribution in [0.5, 0.6) is 0 Å². The van der Waals surface area contributed by atoms with Gasteiger partial charge in [0.25, 0.3) is 0 Å². The molecule has 0 aromatic carbocycles. The van der Waals surface area contributed by atoms with E-state index in [-0.39, 0.29) is 0 Å². The van der Waals surface area contributed by atoms with Gasteiger partial charge in [0.1, 0.15) is 5.01 Å². The summed E-state index contributed by atoms with van der Waals surface area (Å²) >= 11 is 3.45. The molecule has 0 bridgehead atoms. The van der Waals surface area contributed by atoms with Gasteiger partial charge in [0.05, 0.1) is 5.01 Å². The van der Waals surface area contributed by atoms with Crippen LogP contribution in [0.25, 0.3) is 0 Å². The zero-order valence-corrected chi connectivity index (χ0v) is 11.3. The second-order valence-electron chi connectivity index (χ2n) is 4.29. The quantitative estimate of drug-likeness (QED) is 0.834. The van der Waals surface area contributed by atoms with Crippen molar-refractivity contribution in [2.45, 2.75) is 25.2 Å². The Morgan fingerprint density at radius 3 is 3.00 bits per heavy atom. The summed E-state index contributed by atoms with van der Waals surface area (Å²) in [4.78, 5) is 6.46. The minimum atomic E-state index is 0.702. The Hall–Kier alpha value is -1.01. The van der Waals surface area contributed by atoms with E-state index >= 15 is 0 Å². The molecule has 3 rings (SSSR count). The lowest BCUT2D eigenvalue weighted by Gasteiger charge is -2.13. The van der Waals surface area contributed by atoms with Crippen LogP contribution in [0.15, 0.2) is 11.6 Å². The second kappa shape index (κ2) is 4.70. The molecule has 4 nitrogen and oxygen atoms in total. The van der Waals surface area contributed by atoms with Gasteiger partial charge in [0.2, 0.25) is 5.13 Å². The van der Waals surface area contributed by atoms with Crippen molar-refractivity contribution in [3.05, 3.63) is 21.6 Å². The fraction of sp³-hybridized carbons (Fsp3) is 0.545. The number of thiazole rings is 1. The Bertz CT molecular complexity index is 475. The molecule has 2 heterocycles. The lowest BCUT2D eigenvalue weighted by molar-refractivity contribution is 0.848.